The number of fused-ring (bicyclic) bond motifs is 2. The van der Waals surface area contributed by atoms with Crippen molar-refractivity contribution < 1.29 is 23.9 Å². The number of amides is 3. The summed E-state index contributed by atoms with van der Waals surface area (Å²) in [6.07, 6.45) is 1.56. The fourth-order valence-corrected chi connectivity index (χ4v) is 9.44. The first-order valence-electron chi connectivity index (χ1n) is 13.0. The standard InChI is InChI=1S/C27H24N6O5/c1-37-27-21-18-22(27)20-23(27)19(21)26(18,20)10-29-25(36)14-7-13(31-16-4-5-30-33(14)16)24(35)28-8-11-2-3-15-12(6-11)32-17(34)9-38-15/h2-7,18-23H,8-10H2,1H3,(H,28,35)(H,29,36)(H,32,34). The molecule has 192 valence electrons. The third-order valence-corrected chi connectivity index (χ3v) is 10.6. The van der Waals surface area contributed by atoms with Gasteiger partial charge in [0.1, 0.15) is 17.1 Å². The summed E-state index contributed by atoms with van der Waals surface area (Å²) < 4.78 is 12.7. The highest BCUT2D eigenvalue weighted by molar-refractivity contribution is 5.98. The van der Waals surface area contributed by atoms with Gasteiger partial charge in [0.2, 0.25) is 0 Å². The Kier molecular flexibility index (Phi) is 3.60. The Morgan fingerprint density at radius 2 is 1.89 bits per heavy atom. The molecule has 3 aromatic rings. The van der Waals surface area contributed by atoms with Crippen LogP contribution < -0.4 is 20.7 Å². The van der Waals surface area contributed by atoms with Gasteiger partial charge in [-0.05, 0) is 58.6 Å². The Balaban J connectivity index is 0.909. The third-order valence-electron chi connectivity index (χ3n) is 10.6. The molecule has 2 aromatic heterocycles. The van der Waals surface area contributed by atoms with Gasteiger partial charge in [0.05, 0.1) is 17.5 Å². The minimum Gasteiger partial charge on any atom is -0.482 e. The van der Waals surface area contributed by atoms with E-state index in [0.29, 0.717) is 59.1 Å². The Bertz CT molecular complexity index is 1580. The molecule has 6 fully saturated rings. The van der Waals surface area contributed by atoms with E-state index in [1.165, 1.54) is 10.6 Å². The van der Waals surface area contributed by atoms with Crippen LogP contribution in [0.1, 0.15) is 26.5 Å². The van der Waals surface area contributed by atoms with E-state index < -0.39 is 5.91 Å². The number of nitrogens with one attached hydrogen (secondary N) is 3. The second kappa shape index (κ2) is 6.52. The van der Waals surface area contributed by atoms with Crippen LogP contribution in [0.25, 0.3) is 5.65 Å². The molecule has 1 aliphatic heterocycles. The van der Waals surface area contributed by atoms with Crippen molar-refractivity contribution >= 4 is 29.1 Å². The van der Waals surface area contributed by atoms with Gasteiger partial charge in [-0.2, -0.15) is 5.10 Å². The number of nitrogens with zero attached hydrogens (tertiary/aromatic N) is 3. The predicted molar refractivity (Wildman–Crippen MR) is 130 cm³/mol. The molecule has 10 rings (SSSR count). The molecule has 3 amide bonds. The Morgan fingerprint density at radius 3 is 2.66 bits per heavy atom. The minimum absolute atomic E-state index is 0.0134. The first-order valence-corrected chi connectivity index (χ1v) is 13.0. The maximum atomic E-state index is 13.3. The van der Waals surface area contributed by atoms with Crippen LogP contribution in [0.15, 0.2) is 36.5 Å². The van der Waals surface area contributed by atoms with E-state index in [1.54, 1.807) is 24.4 Å². The molecule has 0 saturated heterocycles. The van der Waals surface area contributed by atoms with Crippen LogP contribution in [-0.2, 0) is 16.1 Å². The fraction of sp³-hybridized carbons (Fsp3) is 0.444. The quantitative estimate of drug-likeness (QED) is 0.427. The molecular weight excluding hydrogens is 488 g/mol. The average molecular weight is 513 g/mol. The molecule has 1 aromatic carbocycles. The Labute approximate surface area is 216 Å². The monoisotopic (exact) mass is 512 g/mol. The Hall–Kier alpha value is -3.99. The van der Waals surface area contributed by atoms with E-state index in [9.17, 15) is 14.4 Å². The minimum atomic E-state index is -0.410. The largest absolute Gasteiger partial charge is 0.482 e. The van der Waals surface area contributed by atoms with Gasteiger partial charge in [-0.3, -0.25) is 14.4 Å². The van der Waals surface area contributed by atoms with Crippen molar-refractivity contribution in [3.8, 4) is 5.75 Å². The number of carbonyl (C=O) groups is 3. The number of rotatable bonds is 7. The topological polar surface area (TPSA) is 136 Å². The highest BCUT2D eigenvalue weighted by Crippen LogP contribution is 3.07. The van der Waals surface area contributed by atoms with Crippen molar-refractivity contribution in [2.75, 3.05) is 25.6 Å². The summed E-state index contributed by atoms with van der Waals surface area (Å²) in [5.74, 6) is 3.93. The zero-order chi connectivity index (χ0) is 25.6. The second-order valence-corrected chi connectivity index (χ2v) is 11.5. The van der Waals surface area contributed by atoms with Crippen molar-refractivity contribution in [2.45, 2.75) is 12.1 Å². The van der Waals surface area contributed by atoms with Crippen molar-refractivity contribution in [1.29, 1.82) is 0 Å². The smallest absolute Gasteiger partial charge is 0.270 e. The average Bonchev–Trinajstić information content (AvgIpc) is 3.42. The van der Waals surface area contributed by atoms with E-state index in [-0.39, 0.29) is 47.4 Å². The van der Waals surface area contributed by atoms with Gasteiger partial charge >= 0.3 is 0 Å². The summed E-state index contributed by atoms with van der Waals surface area (Å²) in [5.41, 5.74) is 2.66. The summed E-state index contributed by atoms with van der Waals surface area (Å²) in [7, 11) is 1.85. The highest BCUT2D eigenvalue weighted by atomic mass is 16.5. The lowest BCUT2D eigenvalue weighted by molar-refractivity contribution is -0.661. The van der Waals surface area contributed by atoms with Crippen LogP contribution in [0.2, 0.25) is 0 Å². The number of ether oxygens (including phenoxy) is 2. The lowest BCUT2D eigenvalue weighted by Gasteiger charge is -3.10. The van der Waals surface area contributed by atoms with Gasteiger partial charge in [-0.1, -0.05) is 6.07 Å². The third kappa shape index (κ3) is 2.07. The number of hydrogen-bond donors (Lipinski definition) is 3. The van der Waals surface area contributed by atoms with Gasteiger partial charge in [-0.25, -0.2) is 9.50 Å². The fourth-order valence-electron chi connectivity index (χ4n) is 9.44. The molecule has 38 heavy (non-hydrogen) atoms. The van der Waals surface area contributed by atoms with Crippen molar-refractivity contribution in [3.05, 3.63) is 53.5 Å². The molecule has 3 N–H and O–H groups in total. The highest BCUT2D eigenvalue weighted by Gasteiger charge is 3.10. The summed E-state index contributed by atoms with van der Waals surface area (Å²) >= 11 is 0. The SMILES string of the molecule is COC12C3C4C1C1C2C3C41CNC(=O)c1cc(C(=O)NCc2ccc3c(c2)NC(=O)CO3)nc2ccnn12. The van der Waals surface area contributed by atoms with Crippen LogP contribution >= 0.6 is 0 Å². The van der Waals surface area contributed by atoms with Gasteiger partial charge in [-0.15, -0.1) is 0 Å². The van der Waals surface area contributed by atoms with Crippen LogP contribution in [0, 0.1) is 40.9 Å². The lowest BCUT2D eigenvalue weighted by Crippen LogP contribution is -3.13. The normalized spacial score (nSPS) is 37.1. The van der Waals surface area contributed by atoms with Crippen molar-refractivity contribution in [3.63, 3.8) is 0 Å². The van der Waals surface area contributed by atoms with E-state index in [1.807, 2.05) is 13.2 Å². The number of carbonyl (C=O) groups excluding carboxylic acids is 3. The van der Waals surface area contributed by atoms with Gasteiger partial charge < -0.3 is 25.4 Å². The number of anilines is 1. The van der Waals surface area contributed by atoms with Gasteiger partial charge in [0.25, 0.3) is 17.7 Å². The summed E-state index contributed by atoms with van der Waals surface area (Å²) in [6.45, 7) is 0.871. The van der Waals surface area contributed by atoms with Crippen LogP contribution in [0.4, 0.5) is 5.69 Å². The van der Waals surface area contributed by atoms with Gasteiger partial charge in [0.15, 0.2) is 12.3 Å². The molecule has 3 heterocycles. The molecule has 0 spiro atoms. The molecule has 6 aliphatic carbocycles. The first kappa shape index (κ1) is 21.0. The van der Waals surface area contributed by atoms with Crippen molar-refractivity contribution in [2.24, 2.45) is 40.9 Å². The number of hydrogen-bond acceptors (Lipinski definition) is 7. The maximum absolute atomic E-state index is 13.3. The molecule has 0 bridgehead atoms. The van der Waals surface area contributed by atoms with Crippen LogP contribution in [0.5, 0.6) is 5.75 Å². The van der Waals surface area contributed by atoms with Crippen LogP contribution in [-0.4, -0.2) is 58.2 Å². The first-order chi connectivity index (χ1) is 18.5. The molecule has 0 unspecified atom stereocenters. The van der Waals surface area contributed by atoms with Gasteiger partial charge in [0, 0.05) is 32.3 Å². The molecule has 0 radical (unpaired) electrons. The van der Waals surface area contributed by atoms with Crippen molar-refractivity contribution in [1.82, 2.24) is 25.2 Å². The lowest BCUT2D eigenvalue weighted by atomic mass is 8.95. The molecular formula is C27H24N6O5. The number of methoxy groups -OCH3 is 1. The summed E-state index contributed by atoms with van der Waals surface area (Å²) in [4.78, 5) is 42.4. The Morgan fingerprint density at radius 1 is 1.11 bits per heavy atom. The maximum Gasteiger partial charge on any atom is 0.270 e. The zero-order valence-electron chi connectivity index (χ0n) is 20.4. The molecule has 6 saturated carbocycles. The number of aromatic nitrogens is 3. The number of benzene rings is 1. The zero-order valence-corrected chi connectivity index (χ0v) is 20.4. The van der Waals surface area contributed by atoms with E-state index in [0.717, 1.165) is 5.56 Å². The van der Waals surface area contributed by atoms with Crippen LogP contribution in [0.3, 0.4) is 0 Å². The van der Waals surface area contributed by atoms with E-state index in [4.69, 9.17) is 9.47 Å². The summed E-state index contributed by atoms with van der Waals surface area (Å²) in [5, 5.41) is 13.0. The molecule has 7 aliphatic rings. The second-order valence-electron chi connectivity index (χ2n) is 11.5. The van der Waals surface area contributed by atoms with E-state index in [2.05, 4.69) is 26.0 Å². The molecule has 11 heteroatoms. The summed E-state index contributed by atoms with van der Waals surface area (Å²) in [6, 6.07) is 8.50. The molecule has 11 nitrogen and oxygen atoms in total. The molecule has 0 atom stereocenters. The predicted octanol–water partition coefficient (Wildman–Crippen LogP) is 0.857. The van der Waals surface area contributed by atoms with E-state index >= 15 is 0 Å².